The molecule has 0 aliphatic carbocycles. The molecule has 0 aliphatic heterocycles. The number of nitrogens with zero attached hydrogens (tertiary/aromatic N) is 4. The molecule has 3 rings (SSSR count). The van der Waals surface area contributed by atoms with Gasteiger partial charge < -0.3 is 14.8 Å². The quantitative estimate of drug-likeness (QED) is 0.720. The van der Waals surface area contributed by atoms with Crippen LogP contribution in [0.1, 0.15) is 17.0 Å². The molecule has 27 heavy (non-hydrogen) atoms. The maximum Gasteiger partial charge on any atom is 0.262 e. The number of benzene rings is 1. The Balaban J connectivity index is 1.62. The normalized spacial score (nSPS) is 10.5. The van der Waals surface area contributed by atoms with Gasteiger partial charge in [-0.15, -0.1) is 0 Å². The molecule has 0 unspecified atom stereocenters. The van der Waals surface area contributed by atoms with E-state index in [4.69, 9.17) is 9.47 Å². The molecule has 0 aliphatic rings. The molecular weight excluding hydrogens is 346 g/mol. The average Bonchev–Trinajstić information content (AvgIpc) is 2.94. The summed E-state index contributed by atoms with van der Waals surface area (Å²) in [4.78, 5) is 20.6. The Hall–Kier alpha value is -3.42. The van der Waals surface area contributed by atoms with E-state index in [9.17, 15) is 4.79 Å². The van der Waals surface area contributed by atoms with Gasteiger partial charge in [0.05, 0.1) is 30.9 Å². The van der Waals surface area contributed by atoms with Crippen LogP contribution >= 0.6 is 0 Å². The fourth-order valence-electron chi connectivity index (χ4n) is 2.49. The van der Waals surface area contributed by atoms with E-state index < -0.39 is 0 Å². The number of para-hydroxylation sites is 2. The number of hydrogen-bond donors (Lipinski definition) is 1. The van der Waals surface area contributed by atoms with Gasteiger partial charge in [-0.3, -0.25) is 4.79 Å². The van der Waals surface area contributed by atoms with Crippen molar-refractivity contribution in [1.82, 2.24) is 19.7 Å². The highest BCUT2D eigenvalue weighted by Crippen LogP contribution is 2.25. The number of carbonyl (C=O) groups is 1. The van der Waals surface area contributed by atoms with E-state index in [1.807, 2.05) is 32.9 Å². The predicted molar refractivity (Wildman–Crippen MR) is 100 cm³/mol. The molecule has 0 atom stereocenters. The molecule has 0 bridgehead atoms. The first-order valence-electron chi connectivity index (χ1n) is 8.40. The van der Waals surface area contributed by atoms with E-state index in [0.29, 0.717) is 23.1 Å². The number of ether oxygens (including phenoxy) is 2. The number of hydrogen-bond acceptors (Lipinski definition) is 6. The van der Waals surface area contributed by atoms with Gasteiger partial charge in [0.2, 0.25) is 0 Å². The van der Waals surface area contributed by atoms with Crippen LogP contribution in [0.3, 0.4) is 0 Å². The summed E-state index contributed by atoms with van der Waals surface area (Å²) >= 11 is 0. The Morgan fingerprint density at radius 1 is 1.11 bits per heavy atom. The average molecular weight is 367 g/mol. The number of methoxy groups -OCH3 is 1. The van der Waals surface area contributed by atoms with Crippen molar-refractivity contribution in [2.45, 2.75) is 20.8 Å². The van der Waals surface area contributed by atoms with Gasteiger partial charge in [-0.1, -0.05) is 12.1 Å². The summed E-state index contributed by atoms with van der Waals surface area (Å²) in [5.41, 5.74) is 3.49. The zero-order valence-corrected chi connectivity index (χ0v) is 15.7. The number of aromatic nitrogens is 4. The molecule has 0 saturated carbocycles. The third-order valence-corrected chi connectivity index (χ3v) is 4.19. The fourth-order valence-corrected chi connectivity index (χ4v) is 2.49. The summed E-state index contributed by atoms with van der Waals surface area (Å²) in [7, 11) is 1.55. The lowest BCUT2D eigenvalue weighted by Crippen LogP contribution is -2.20. The Morgan fingerprint density at radius 3 is 2.37 bits per heavy atom. The van der Waals surface area contributed by atoms with Gasteiger partial charge >= 0.3 is 0 Å². The van der Waals surface area contributed by atoms with E-state index in [-0.39, 0.29) is 12.5 Å². The number of rotatable bonds is 6. The standard InChI is InChI=1S/C19H21N5O3/c1-12-13(2)23-24(14(12)3)19-20-9-15(10-21-19)22-18(25)11-27-17-8-6-5-7-16(17)26-4/h5-10H,11H2,1-4H3,(H,22,25). The fraction of sp³-hybridized carbons (Fsp3) is 0.263. The lowest BCUT2D eigenvalue weighted by atomic mass is 10.2. The van der Waals surface area contributed by atoms with Crippen LogP contribution in [0.2, 0.25) is 0 Å². The highest BCUT2D eigenvalue weighted by Gasteiger charge is 2.12. The van der Waals surface area contributed by atoms with Gasteiger partial charge in [0.1, 0.15) is 0 Å². The lowest BCUT2D eigenvalue weighted by Gasteiger charge is -2.10. The summed E-state index contributed by atoms with van der Waals surface area (Å²) in [6.45, 7) is 5.75. The third-order valence-electron chi connectivity index (χ3n) is 4.19. The van der Waals surface area contributed by atoms with E-state index in [0.717, 1.165) is 17.0 Å². The Bertz CT molecular complexity index is 950. The molecule has 8 nitrogen and oxygen atoms in total. The molecule has 3 aromatic rings. The van der Waals surface area contributed by atoms with Crippen molar-refractivity contribution >= 4 is 11.6 Å². The molecule has 0 spiro atoms. The van der Waals surface area contributed by atoms with Gasteiger partial charge in [0, 0.05) is 5.69 Å². The summed E-state index contributed by atoms with van der Waals surface area (Å²) in [6, 6.07) is 7.14. The Labute approximate surface area is 157 Å². The number of nitrogens with one attached hydrogen (secondary N) is 1. The van der Waals surface area contributed by atoms with Crippen LogP contribution in [-0.4, -0.2) is 39.4 Å². The van der Waals surface area contributed by atoms with Gasteiger partial charge in [-0.2, -0.15) is 5.10 Å². The van der Waals surface area contributed by atoms with Crippen molar-refractivity contribution in [3.05, 3.63) is 53.6 Å². The van der Waals surface area contributed by atoms with Gasteiger partial charge in [0.15, 0.2) is 18.1 Å². The van der Waals surface area contributed by atoms with Crippen molar-refractivity contribution in [3.8, 4) is 17.4 Å². The highest BCUT2D eigenvalue weighted by molar-refractivity contribution is 5.91. The lowest BCUT2D eigenvalue weighted by molar-refractivity contribution is -0.118. The maximum absolute atomic E-state index is 12.1. The van der Waals surface area contributed by atoms with Crippen LogP contribution in [0.25, 0.3) is 5.95 Å². The molecule has 2 aromatic heterocycles. The molecule has 8 heteroatoms. The first-order valence-corrected chi connectivity index (χ1v) is 8.40. The summed E-state index contributed by atoms with van der Waals surface area (Å²) in [5, 5.41) is 7.12. The SMILES string of the molecule is COc1ccccc1OCC(=O)Nc1cnc(-n2nc(C)c(C)c2C)nc1. The number of aryl methyl sites for hydroxylation is 1. The first kappa shape index (κ1) is 18.4. The van der Waals surface area contributed by atoms with Crippen LogP contribution in [-0.2, 0) is 4.79 Å². The minimum Gasteiger partial charge on any atom is -0.493 e. The molecule has 0 saturated heterocycles. The van der Waals surface area contributed by atoms with Gasteiger partial charge in [-0.25, -0.2) is 14.6 Å². The second-order valence-corrected chi connectivity index (χ2v) is 5.97. The smallest absolute Gasteiger partial charge is 0.262 e. The Kier molecular flexibility index (Phi) is 5.35. The molecule has 1 aromatic carbocycles. The number of amides is 1. The van der Waals surface area contributed by atoms with E-state index >= 15 is 0 Å². The van der Waals surface area contributed by atoms with E-state index in [1.165, 1.54) is 12.4 Å². The zero-order chi connectivity index (χ0) is 19.4. The van der Waals surface area contributed by atoms with Crippen LogP contribution in [0.4, 0.5) is 5.69 Å². The topological polar surface area (TPSA) is 91.2 Å². The molecule has 2 heterocycles. The zero-order valence-electron chi connectivity index (χ0n) is 15.7. The van der Waals surface area contributed by atoms with Crippen molar-refractivity contribution in [3.63, 3.8) is 0 Å². The minimum absolute atomic E-state index is 0.154. The number of carbonyl (C=O) groups excluding carboxylic acids is 1. The molecule has 1 amide bonds. The van der Waals surface area contributed by atoms with Crippen molar-refractivity contribution in [1.29, 1.82) is 0 Å². The van der Waals surface area contributed by atoms with Crippen LogP contribution < -0.4 is 14.8 Å². The van der Waals surface area contributed by atoms with Crippen LogP contribution in [0.15, 0.2) is 36.7 Å². The second kappa shape index (κ2) is 7.86. The van der Waals surface area contributed by atoms with E-state index in [2.05, 4.69) is 20.4 Å². The molecule has 0 fully saturated rings. The second-order valence-electron chi connectivity index (χ2n) is 5.97. The summed E-state index contributed by atoms with van der Waals surface area (Å²) in [5.74, 6) is 1.20. The van der Waals surface area contributed by atoms with Gasteiger partial charge in [-0.05, 0) is 38.5 Å². The third kappa shape index (κ3) is 4.05. The largest absolute Gasteiger partial charge is 0.493 e. The monoisotopic (exact) mass is 367 g/mol. The van der Waals surface area contributed by atoms with Crippen molar-refractivity contribution in [2.75, 3.05) is 19.0 Å². The van der Waals surface area contributed by atoms with Gasteiger partial charge in [0.25, 0.3) is 11.9 Å². The predicted octanol–water partition coefficient (Wildman–Crippen LogP) is 2.61. The molecule has 0 radical (unpaired) electrons. The molecular formula is C19H21N5O3. The van der Waals surface area contributed by atoms with Crippen molar-refractivity contribution < 1.29 is 14.3 Å². The number of anilines is 1. The molecule has 140 valence electrons. The molecule has 1 N–H and O–H groups in total. The minimum atomic E-state index is -0.320. The van der Waals surface area contributed by atoms with Crippen molar-refractivity contribution in [2.24, 2.45) is 0 Å². The van der Waals surface area contributed by atoms with Crippen LogP contribution in [0.5, 0.6) is 11.5 Å². The highest BCUT2D eigenvalue weighted by atomic mass is 16.5. The maximum atomic E-state index is 12.1. The van der Waals surface area contributed by atoms with Crippen LogP contribution in [0, 0.1) is 20.8 Å². The van der Waals surface area contributed by atoms with E-state index in [1.54, 1.807) is 23.9 Å². The first-order chi connectivity index (χ1) is 13.0. The Morgan fingerprint density at radius 2 is 1.78 bits per heavy atom. The summed E-state index contributed by atoms with van der Waals surface area (Å²) < 4.78 is 12.4. The summed E-state index contributed by atoms with van der Waals surface area (Å²) in [6.07, 6.45) is 3.07.